The molecule has 0 aromatic heterocycles. The zero-order valence-electron chi connectivity index (χ0n) is 20.4. The van der Waals surface area contributed by atoms with Crippen LogP contribution >= 0.6 is 11.6 Å². The monoisotopic (exact) mass is 558 g/mol. The Labute approximate surface area is 215 Å². The fourth-order valence-electron chi connectivity index (χ4n) is 4.82. The normalized spacial score (nSPS) is 18.4. The lowest BCUT2D eigenvalue weighted by atomic mass is 9.86. The molecule has 1 aromatic rings. The van der Waals surface area contributed by atoms with Gasteiger partial charge in [0, 0.05) is 30.2 Å². The average molecular weight is 559 g/mol. The smallest absolute Gasteiger partial charge is 0.426 e. The van der Waals surface area contributed by atoms with Crippen molar-refractivity contribution in [1.29, 1.82) is 0 Å². The van der Waals surface area contributed by atoms with Crippen molar-refractivity contribution >= 4 is 23.8 Å². The third kappa shape index (κ3) is 8.35. The summed E-state index contributed by atoms with van der Waals surface area (Å²) in [6.07, 6.45) is -11.6. The number of amides is 1. The van der Waals surface area contributed by atoms with Crippen LogP contribution in [0.15, 0.2) is 18.2 Å². The highest BCUT2D eigenvalue weighted by atomic mass is 35.5. The van der Waals surface area contributed by atoms with Gasteiger partial charge in [0.25, 0.3) is 6.10 Å². The number of likely N-dealkylation sites (tertiary alicyclic amines) is 1. The number of carbonyl (C=O) groups is 1. The Kier molecular flexibility index (Phi) is 10.4. The summed E-state index contributed by atoms with van der Waals surface area (Å²) in [6.45, 7) is 2.60. The number of hydrogen-bond donors (Lipinski definition) is 0. The number of alkyl halides is 6. The highest BCUT2D eigenvalue weighted by Crippen LogP contribution is 2.39. The van der Waals surface area contributed by atoms with E-state index in [0.717, 1.165) is 23.3 Å². The number of halogens is 7. The molecular weight excluding hydrogens is 530 g/mol. The second-order valence-corrected chi connectivity index (χ2v) is 10.0. The van der Waals surface area contributed by atoms with Crippen molar-refractivity contribution in [3.63, 3.8) is 0 Å². The van der Waals surface area contributed by atoms with Crippen LogP contribution in [0, 0.1) is 0 Å². The molecule has 0 atom stereocenters. The van der Waals surface area contributed by atoms with Gasteiger partial charge in [0.15, 0.2) is 0 Å². The van der Waals surface area contributed by atoms with Crippen molar-refractivity contribution in [3.05, 3.63) is 34.3 Å². The highest BCUT2D eigenvalue weighted by molar-refractivity contribution is 6.30. The minimum absolute atomic E-state index is 0.00178. The van der Waals surface area contributed by atoms with Crippen LogP contribution < -0.4 is 0 Å². The molecule has 1 saturated carbocycles. The minimum Gasteiger partial charge on any atom is -0.426 e. The molecule has 1 amide bonds. The van der Waals surface area contributed by atoms with E-state index in [2.05, 4.69) is 9.64 Å². The van der Waals surface area contributed by atoms with E-state index < -0.39 is 30.1 Å². The number of benzene rings is 1. The van der Waals surface area contributed by atoms with E-state index in [9.17, 15) is 31.1 Å². The SMILES string of the molecule is CN(Cc1ccc(Cl)cc1C1CCCC1)C1(C)CCN(C(=O)OC(C(F)(F)F)C(F)(F)F)CC1.O=C=O. The second-order valence-electron chi connectivity index (χ2n) is 9.59. The summed E-state index contributed by atoms with van der Waals surface area (Å²) in [5, 5.41) is 0.683. The molecule has 0 N–H and O–H groups in total. The molecule has 1 aliphatic carbocycles. The lowest BCUT2D eigenvalue weighted by Crippen LogP contribution is -2.54. The Morgan fingerprint density at radius 2 is 1.65 bits per heavy atom. The maximum Gasteiger partial charge on any atom is 0.434 e. The summed E-state index contributed by atoms with van der Waals surface area (Å²) in [6, 6.07) is 5.87. The number of ether oxygens (including phenoxy) is 1. The average Bonchev–Trinajstić information content (AvgIpc) is 3.33. The highest BCUT2D eigenvalue weighted by Gasteiger charge is 2.60. The number of nitrogens with zero attached hydrogens (tertiary/aromatic N) is 2. The van der Waals surface area contributed by atoms with Gasteiger partial charge < -0.3 is 9.64 Å². The van der Waals surface area contributed by atoms with E-state index in [4.69, 9.17) is 21.2 Å². The van der Waals surface area contributed by atoms with Crippen molar-refractivity contribution in [2.24, 2.45) is 0 Å². The molecule has 2 aliphatic rings. The molecule has 208 valence electrons. The van der Waals surface area contributed by atoms with Gasteiger partial charge in [0.1, 0.15) is 0 Å². The molecule has 1 aromatic carbocycles. The van der Waals surface area contributed by atoms with Crippen molar-refractivity contribution in [1.82, 2.24) is 9.80 Å². The Bertz CT molecular complexity index is 938. The van der Waals surface area contributed by atoms with Crippen LogP contribution in [-0.4, -0.2) is 66.2 Å². The van der Waals surface area contributed by atoms with E-state index in [1.165, 1.54) is 18.4 Å². The lowest BCUT2D eigenvalue weighted by Gasteiger charge is -2.45. The van der Waals surface area contributed by atoms with Gasteiger partial charge in [-0.05, 0) is 68.8 Å². The summed E-state index contributed by atoms with van der Waals surface area (Å²) in [5.74, 6) is 0.460. The van der Waals surface area contributed by atoms with Crippen LogP contribution in [0.2, 0.25) is 5.02 Å². The molecule has 1 saturated heterocycles. The van der Waals surface area contributed by atoms with Crippen LogP contribution in [0.4, 0.5) is 31.1 Å². The largest absolute Gasteiger partial charge is 0.434 e. The first-order chi connectivity index (χ1) is 17.1. The first kappa shape index (κ1) is 30.9. The van der Waals surface area contributed by atoms with E-state index in [1.807, 2.05) is 32.2 Å². The summed E-state index contributed by atoms with van der Waals surface area (Å²) in [7, 11) is 1.93. The molecule has 1 heterocycles. The molecule has 0 spiro atoms. The number of carbonyl (C=O) groups excluding carboxylic acids is 3. The standard InChI is InChI=1S/C23H29ClF6N2O2.CO2/c1-21(31(2)14-16-7-8-17(24)13-18(16)15-5-3-4-6-15)9-11-32(12-10-21)20(33)34-19(22(25,26)27)23(28,29)30;2-1-3/h7-8,13,15,19H,3-6,9-12,14H2,1-2H3;. The molecule has 0 radical (unpaired) electrons. The van der Waals surface area contributed by atoms with Gasteiger partial charge in [0.05, 0.1) is 0 Å². The summed E-state index contributed by atoms with van der Waals surface area (Å²) in [5.41, 5.74) is 1.99. The van der Waals surface area contributed by atoms with Crippen molar-refractivity contribution in [2.45, 2.75) is 81.9 Å². The molecule has 2 fully saturated rings. The van der Waals surface area contributed by atoms with Crippen molar-refractivity contribution < 1.29 is 45.5 Å². The van der Waals surface area contributed by atoms with Crippen LogP contribution in [0.1, 0.15) is 62.5 Å². The molecule has 0 unspecified atom stereocenters. The van der Waals surface area contributed by atoms with Crippen LogP contribution in [0.3, 0.4) is 0 Å². The molecule has 1 aliphatic heterocycles. The van der Waals surface area contributed by atoms with E-state index in [0.29, 0.717) is 30.3 Å². The van der Waals surface area contributed by atoms with Gasteiger partial charge in [-0.25, -0.2) is 4.79 Å². The fourth-order valence-corrected chi connectivity index (χ4v) is 5.00. The zero-order chi connectivity index (χ0) is 28.0. The minimum atomic E-state index is -5.73. The Morgan fingerprint density at radius 1 is 1.14 bits per heavy atom. The number of rotatable bonds is 5. The number of hydrogen-bond acceptors (Lipinski definition) is 5. The molecule has 13 heteroatoms. The maximum atomic E-state index is 12.7. The Hall–Kier alpha value is -2.30. The third-order valence-corrected chi connectivity index (χ3v) is 7.38. The van der Waals surface area contributed by atoms with Gasteiger partial charge in [-0.15, -0.1) is 0 Å². The Balaban J connectivity index is 0.00000153. The molecule has 3 rings (SSSR count). The van der Waals surface area contributed by atoms with Gasteiger partial charge in [-0.3, -0.25) is 4.90 Å². The predicted octanol–water partition coefficient (Wildman–Crippen LogP) is 6.33. The third-order valence-electron chi connectivity index (χ3n) is 7.14. The van der Waals surface area contributed by atoms with Crippen molar-refractivity contribution in [3.8, 4) is 0 Å². The first-order valence-corrected chi connectivity index (χ1v) is 12.1. The summed E-state index contributed by atoms with van der Waals surface area (Å²) < 4.78 is 80.1. The fraction of sp³-hybridized carbons (Fsp3) is 0.667. The molecule has 0 bridgehead atoms. The number of piperidine rings is 1. The quantitative estimate of drug-likeness (QED) is 0.395. The van der Waals surface area contributed by atoms with Crippen molar-refractivity contribution in [2.75, 3.05) is 20.1 Å². The van der Waals surface area contributed by atoms with Crippen LogP contribution in [0.25, 0.3) is 0 Å². The molecular formula is C24H29ClF6N2O4. The first-order valence-electron chi connectivity index (χ1n) is 11.7. The Morgan fingerprint density at radius 3 is 2.14 bits per heavy atom. The van der Waals surface area contributed by atoms with E-state index in [-0.39, 0.29) is 19.2 Å². The molecule has 37 heavy (non-hydrogen) atoms. The summed E-state index contributed by atoms with van der Waals surface area (Å²) in [4.78, 5) is 31.4. The van der Waals surface area contributed by atoms with E-state index >= 15 is 0 Å². The summed E-state index contributed by atoms with van der Waals surface area (Å²) >= 11 is 6.24. The predicted molar refractivity (Wildman–Crippen MR) is 121 cm³/mol. The molecule has 6 nitrogen and oxygen atoms in total. The maximum absolute atomic E-state index is 12.7. The van der Waals surface area contributed by atoms with Gasteiger partial charge in [0.2, 0.25) is 0 Å². The van der Waals surface area contributed by atoms with Gasteiger partial charge >= 0.3 is 24.6 Å². The topological polar surface area (TPSA) is 66.9 Å². The zero-order valence-corrected chi connectivity index (χ0v) is 21.2. The lowest BCUT2D eigenvalue weighted by molar-refractivity contribution is -0.308. The second kappa shape index (κ2) is 12.5. The van der Waals surface area contributed by atoms with Crippen LogP contribution in [-0.2, 0) is 20.9 Å². The van der Waals surface area contributed by atoms with Crippen LogP contribution in [0.5, 0.6) is 0 Å². The van der Waals surface area contributed by atoms with E-state index in [1.54, 1.807) is 0 Å². The van der Waals surface area contributed by atoms with Gasteiger partial charge in [-0.1, -0.05) is 30.5 Å². The van der Waals surface area contributed by atoms with Gasteiger partial charge in [-0.2, -0.15) is 35.9 Å².